The molecule has 0 aliphatic heterocycles. The van der Waals surface area contributed by atoms with Crippen LogP contribution in [0.1, 0.15) is 35.1 Å². The lowest BCUT2D eigenvalue weighted by atomic mass is 10.0. The van der Waals surface area contributed by atoms with Crippen molar-refractivity contribution in [1.82, 2.24) is 5.32 Å². The molecule has 1 fully saturated rings. The van der Waals surface area contributed by atoms with Crippen molar-refractivity contribution in [3.05, 3.63) is 82.9 Å². The molecular weight excluding hydrogens is 354 g/mol. The van der Waals surface area contributed by atoms with Gasteiger partial charge in [0.2, 0.25) is 0 Å². The van der Waals surface area contributed by atoms with E-state index in [2.05, 4.69) is 72.6 Å². The summed E-state index contributed by atoms with van der Waals surface area (Å²) in [7, 11) is 2.04. The molecule has 0 unspecified atom stereocenters. The molecule has 1 aliphatic carbocycles. The van der Waals surface area contributed by atoms with Gasteiger partial charge in [-0.1, -0.05) is 41.7 Å². The number of carboxylic acids is 2. The van der Waals surface area contributed by atoms with E-state index in [9.17, 15) is 9.59 Å². The molecule has 0 amide bonds. The normalized spacial score (nSPS) is 13.6. The highest BCUT2D eigenvalue weighted by molar-refractivity contribution is 5.89. The van der Waals surface area contributed by atoms with Crippen LogP contribution in [0.5, 0.6) is 0 Å². The minimum absolute atomic E-state index is 0.239. The molecule has 0 radical (unpaired) electrons. The second-order valence-electron chi connectivity index (χ2n) is 6.54. The molecule has 144 valence electrons. The number of rotatable bonds is 4. The van der Waals surface area contributed by atoms with Crippen LogP contribution < -0.4 is 5.32 Å². The van der Waals surface area contributed by atoms with Gasteiger partial charge in [-0.2, -0.15) is 0 Å². The summed E-state index contributed by atoms with van der Waals surface area (Å²) in [6.07, 6.45) is 3.58. The van der Waals surface area contributed by atoms with Crippen LogP contribution in [0.4, 0.5) is 0 Å². The molecular formula is C23H23NO4. The zero-order valence-corrected chi connectivity index (χ0v) is 15.9. The van der Waals surface area contributed by atoms with E-state index in [1.165, 1.54) is 24.0 Å². The van der Waals surface area contributed by atoms with Crippen molar-refractivity contribution < 1.29 is 19.8 Å². The predicted octanol–water partition coefficient (Wildman–Crippen LogP) is 3.32. The number of aryl methyl sites for hydroxylation is 1. The van der Waals surface area contributed by atoms with Gasteiger partial charge in [0.25, 0.3) is 0 Å². The summed E-state index contributed by atoms with van der Waals surface area (Å²) in [5, 5.41) is 19.0. The van der Waals surface area contributed by atoms with Crippen molar-refractivity contribution in [2.75, 3.05) is 7.05 Å². The van der Waals surface area contributed by atoms with Gasteiger partial charge in [0, 0.05) is 28.8 Å². The van der Waals surface area contributed by atoms with Crippen molar-refractivity contribution in [3.8, 4) is 11.8 Å². The number of carboxylic acid groups (broad SMARTS) is 2. The maximum absolute atomic E-state index is 9.55. The highest BCUT2D eigenvalue weighted by atomic mass is 16.4. The lowest BCUT2D eigenvalue weighted by Crippen LogP contribution is -2.24. The SMILES string of the molecule is CNC1(c2ccc(C#Cc3ccc(C)cc3)cc2)CC1.O=C(O)C=CC(=O)O. The van der Waals surface area contributed by atoms with Gasteiger partial charge in [0.1, 0.15) is 0 Å². The van der Waals surface area contributed by atoms with Gasteiger partial charge in [0.05, 0.1) is 0 Å². The minimum Gasteiger partial charge on any atom is -0.478 e. The van der Waals surface area contributed by atoms with Gasteiger partial charge < -0.3 is 15.5 Å². The third-order valence-corrected chi connectivity index (χ3v) is 4.44. The summed E-state index contributed by atoms with van der Waals surface area (Å²) in [4.78, 5) is 19.1. The number of hydrogen-bond donors (Lipinski definition) is 3. The first kappa shape index (κ1) is 20.9. The first-order valence-electron chi connectivity index (χ1n) is 8.87. The van der Waals surface area contributed by atoms with Gasteiger partial charge in [-0.25, -0.2) is 9.59 Å². The standard InChI is InChI=1S/C19H19N.C4H4O4/c1-15-3-5-16(6-4-15)7-8-17-9-11-18(12-10-17)19(20-2)13-14-19;5-3(6)1-2-4(7)8/h3-6,9-12,20H,13-14H2,1-2H3;1-2H,(H,5,6)(H,7,8). The monoisotopic (exact) mass is 377 g/mol. The average Bonchev–Trinajstić information content (AvgIpc) is 3.48. The number of nitrogens with one attached hydrogen (secondary N) is 1. The van der Waals surface area contributed by atoms with Gasteiger partial charge in [-0.3, -0.25) is 0 Å². The second-order valence-corrected chi connectivity index (χ2v) is 6.54. The molecule has 5 nitrogen and oxygen atoms in total. The summed E-state index contributed by atoms with van der Waals surface area (Å²) < 4.78 is 0. The van der Waals surface area contributed by atoms with Crippen LogP contribution in [0.3, 0.4) is 0 Å². The van der Waals surface area contributed by atoms with E-state index in [-0.39, 0.29) is 5.54 Å². The Morgan fingerprint density at radius 1 is 0.893 bits per heavy atom. The fraction of sp³-hybridized carbons (Fsp3) is 0.217. The summed E-state index contributed by atoms with van der Waals surface area (Å²) >= 11 is 0. The molecule has 3 N–H and O–H groups in total. The molecule has 0 spiro atoms. The summed E-state index contributed by atoms with van der Waals surface area (Å²) in [6, 6.07) is 17.0. The minimum atomic E-state index is -1.26. The number of carbonyl (C=O) groups is 2. The summed E-state index contributed by atoms with van der Waals surface area (Å²) in [5.41, 5.74) is 5.01. The lowest BCUT2D eigenvalue weighted by Gasteiger charge is -2.14. The fourth-order valence-electron chi connectivity index (χ4n) is 2.60. The van der Waals surface area contributed by atoms with Crippen LogP contribution >= 0.6 is 0 Å². The summed E-state index contributed by atoms with van der Waals surface area (Å²) in [6.45, 7) is 2.09. The van der Waals surface area contributed by atoms with Gasteiger partial charge >= 0.3 is 11.9 Å². The van der Waals surface area contributed by atoms with Crippen LogP contribution in [-0.4, -0.2) is 29.2 Å². The molecule has 1 saturated carbocycles. The Balaban J connectivity index is 0.000000300. The van der Waals surface area contributed by atoms with Crippen molar-refractivity contribution in [2.45, 2.75) is 25.3 Å². The zero-order valence-electron chi connectivity index (χ0n) is 15.9. The molecule has 28 heavy (non-hydrogen) atoms. The molecule has 0 aromatic heterocycles. The van der Waals surface area contributed by atoms with E-state index in [0.717, 1.165) is 11.1 Å². The Bertz CT molecular complexity index is 896. The van der Waals surface area contributed by atoms with Gasteiger partial charge in [-0.05, 0) is 56.6 Å². The quantitative estimate of drug-likeness (QED) is 0.562. The molecule has 2 aromatic rings. The van der Waals surface area contributed by atoms with E-state index in [1.54, 1.807) is 0 Å². The first-order valence-corrected chi connectivity index (χ1v) is 8.87. The summed E-state index contributed by atoms with van der Waals surface area (Å²) in [5.74, 6) is 3.92. The highest BCUT2D eigenvalue weighted by Gasteiger charge is 2.42. The van der Waals surface area contributed by atoms with E-state index in [1.807, 2.05) is 7.05 Å². The van der Waals surface area contributed by atoms with Crippen LogP contribution in [0.2, 0.25) is 0 Å². The molecule has 0 heterocycles. The van der Waals surface area contributed by atoms with Crippen molar-refractivity contribution in [2.24, 2.45) is 0 Å². The van der Waals surface area contributed by atoms with Gasteiger partial charge in [0.15, 0.2) is 0 Å². The molecule has 0 saturated heterocycles. The Hall–Kier alpha value is -3.36. The van der Waals surface area contributed by atoms with Crippen LogP contribution in [0.25, 0.3) is 0 Å². The number of aliphatic carboxylic acids is 2. The molecule has 0 bridgehead atoms. The van der Waals surface area contributed by atoms with Gasteiger partial charge in [-0.15, -0.1) is 0 Å². The Morgan fingerprint density at radius 2 is 1.32 bits per heavy atom. The van der Waals surface area contributed by atoms with Crippen molar-refractivity contribution in [3.63, 3.8) is 0 Å². The maximum Gasteiger partial charge on any atom is 0.328 e. The van der Waals surface area contributed by atoms with Crippen LogP contribution in [-0.2, 0) is 15.1 Å². The van der Waals surface area contributed by atoms with Crippen LogP contribution in [0.15, 0.2) is 60.7 Å². The fourth-order valence-corrected chi connectivity index (χ4v) is 2.60. The molecule has 2 aromatic carbocycles. The smallest absolute Gasteiger partial charge is 0.328 e. The van der Waals surface area contributed by atoms with E-state index < -0.39 is 11.9 Å². The Labute approximate surface area is 164 Å². The first-order chi connectivity index (χ1) is 13.3. The Morgan fingerprint density at radius 3 is 1.68 bits per heavy atom. The molecule has 3 rings (SSSR count). The van der Waals surface area contributed by atoms with E-state index in [0.29, 0.717) is 12.2 Å². The largest absolute Gasteiger partial charge is 0.478 e. The third kappa shape index (κ3) is 6.42. The van der Waals surface area contributed by atoms with E-state index in [4.69, 9.17) is 10.2 Å². The maximum atomic E-state index is 9.55. The van der Waals surface area contributed by atoms with Crippen LogP contribution in [0, 0.1) is 18.8 Å². The number of hydrogen-bond acceptors (Lipinski definition) is 3. The van der Waals surface area contributed by atoms with Crippen molar-refractivity contribution >= 4 is 11.9 Å². The predicted molar refractivity (Wildman–Crippen MR) is 108 cm³/mol. The molecule has 0 atom stereocenters. The topological polar surface area (TPSA) is 86.6 Å². The lowest BCUT2D eigenvalue weighted by molar-refractivity contribution is -0.134. The second kappa shape index (κ2) is 9.54. The third-order valence-electron chi connectivity index (χ3n) is 4.44. The van der Waals surface area contributed by atoms with Crippen molar-refractivity contribution in [1.29, 1.82) is 0 Å². The van der Waals surface area contributed by atoms with E-state index >= 15 is 0 Å². The zero-order chi connectivity index (χ0) is 20.6. The molecule has 1 aliphatic rings. The highest BCUT2D eigenvalue weighted by Crippen LogP contribution is 2.44. The average molecular weight is 377 g/mol. The Kier molecular flexibility index (Phi) is 7.14. The number of benzene rings is 2. The molecule has 5 heteroatoms.